The van der Waals surface area contributed by atoms with Crippen LogP contribution in [0.5, 0.6) is 0 Å². The van der Waals surface area contributed by atoms with Crippen molar-refractivity contribution >= 4 is 23.3 Å². The maximum absolute atomic E-state index is 12.6. The predicted molar refractivity (Wildman–Crippen MR) is 90.5 cm³/mol. The van der Waals surface area contributed by atoms with Crippen molar-refractivity contribution in [2.45, 2.75) is 36.8 Å². The van der Waals surface area contributed by atoms with Crippen LogP contribution in [-0.4, -0.2) is 84.8 Å². The molecule has 13 heteroatoms. The van der Waals surface area contributed by atoms with Crippen LogP contribution in [0.1, 0.15) is 12.8 Å². The van der Waals surface area contributed by atoms with Crippen LogP contribution in [0.2, 0.25) is 6.32 Å². The van der Waals surface area contributed by atoms with E-state index < -0.39 is 40.8 Å². The van der Waals surface area contributed by atoms with Gasteiger partial charge in [-0.05, 0) is 12.7 Å². The minimum atomic E-state index is -3.93. The highest BCUT2D eigenvalue weighted by atomic mass is 32.2. The van der Waals surface area contributed by atoms with Crippen LogP contribution in [0.3, 0.4) is 0 Å². The van der Waals surface area contributed by atoms with Crippen molar-refractivity contribution in [2.24, 2.45) is 17.4 Å². The summed E-state index contributed by atoms with van der Waals surface area (Å²) in [7, 11) is -5.42. The standard InChI is InChI=1S/C12H26BN5O6S/c14-9-4-16-5-10(9)17-25(23,24)18-6-8(2-1-3-13(21)22)12(15,7-18)11(19)20/h8-10,16-17,21-22H,1-7,14-15H2,(H,19,20)/t8-,9+,10+,12-/m0/s1. The summed E-state index contributed by atoms with van der Waals surface area (Å²) in [6.45, 7) is 0.502. The minimum Gasteiger partial charge on any atom is -0.480 e. The maximum atomic E-state index is 12.6. The number of rotatable bonds is 8. The molecule has 0 aromatic carbocycles. The second-order valence-corrected chi connectivity index (χ2v) is 8.50. The quantitative estimate of drug-likeness (QED) is 0.206. The van der Waals surface area contributed by atoms with Crippen molar-refractivity contribution in [3.63, 3.8) is 0 Å². The van der Waals surface area contributed by atoms with Crippen LogP contribution in [0.15, 0.2) is 0 Å². The molecule has 4 atom stereocenters. The molecule has 0 aromatic heterocycles. The summed E-state index contributed by atoms with van der Waals surface area (Å²) in [5.41, 5.74) is 10.1. The number of hydrogen-bond donors (Lipinski definition) is 7. The molecule has 9 N–H and O–H groups in total. The average molecular weight is 379 g/mol. The topological polar surface area (TPSA) is 191 Å². The summed E-state index contributed by atoms with van der Waals surface area (Å²) in [5, 5.41) is 30.3. The molecule has 0 spiro atoms. The van der Waals surface area contributed by atoms with E-state index in [1.54, 1.807) is 0 Å². The first kappa shape index (κ1) is 20.5. The van der Waals surface area contributed by atoms with Gasteiger partial charge >= 0.3 is 13.1 Å². The molecule has 2 heterocycles. The van der Waals surface area contributed by atoms with E-state index in [1.165, 1.54) is 0 Å². The molecule has 11 nitrogen and oxygen atoms in total. The van der Waals surface area contributed by atoms with Crippen molar-refractivity contribution in [1.29, 1.82) is 0 Å². The van der Waals surface area contributed by atoms with Crippen LogP contribution in [0, 0.1) is 5.92 Å². The molecular weight excluding hydrogens is 353 g/mol. The van der Waals surface area contributed by atoms with Gasteiger partial charge in [-0.1, -0.05) is 6.42 Å². The predicted octanol–water partition coefficient (Wildman–Crippen LogP) is -3.91. The highest BCUT2D eigenvalue weighted by Crippen LogP contribution is 2.32. The average Bonchev–Trinajstić information content (AvgIpc) is 3.04. The number of nitrogens with two attached hydrogens (primary N) is 2. The molecule has 2 rings (SSSR count). The molecule has 2 fully saturated rings. The number of hydrogen-bond acceptors (Lipinski definition) is 8. The molecule has 2 saturated heterocycles. The third-order valence-corrected chi connectivity index (χ3v) is 6.46. The van der Waals surface area contributed by atoms with Gasteiger partial charge < -0.3 is 31.9 Å². The molecular formula is C12H26BN5O6S. The second-order valence-electron chi connectivity index (χ2n) is 6.80. The summed E-state index contributed by atoms with van der Waals surface area (Å²) in [6, 6.07) is -0.827. The van der Waals surface area contributed by atoms with Gasteiger partial charge in [-0.25, -0.2) is 0 Å². The Morgan fingerprint density at radius 2 is 2.08 bits per heavy atom. The van der Waals surface area contributed by atoms with Gasteiger partial charge in [0.05, 0.1) is 6.04 Å². The van der Waals surface area contributed by atoms with Crippen molar-refractivity contribution < 1.29 is 28.4 Å². The second kappa shape index (κ2) is 7.84. The highest BCUT2D eigenvalue weighted by Gasteiger charge is 2.52. The van der Waals surface area contributed by atoms with Crippen molar-refractivity contribution in [1.82, 2.24) is 14.3 Å². The van der Waals surface area contributed by atoms with E-state index in [0.717, 1.165) is 4.31 Å². The smallest absolute Gasteiger partial charge is 0.451 e. The zero-order valence-electron chi connectivity index (χ0n) is 13.8. The van der Waals surface area contributed by atoms with Gasteiger partial charge in [0.1, 0.15) is 5.54 Å². The third-order valence-electron chi connectivity index (χ3n) is 4.90. The lowest BCUT2D eigenvalue weighted by atomic mass is 9.78. The van der Waals surface area contributed by atoms with Crippen molar-refractivity contribution in [3.05, 3.63) is 0 Å². The van der Waals surface area contributed by atoms with Gasteiger partial charge in [0.15, 0.2) is 0 Å². The summed E-state index contributed by atoms with van der Waals surface area (Å²) in [5.74, 6) is -1.91. The Morgan fingerprint density at radius 3 is 2.60 bits per heavy atom. The van der Waals surface area contributed by atoms with E-state index >= 15 is 0 Å². The Balaban J connectivity index is 2.07. The van der Waals surface area contributed by atoms with Crippen LogP contribution >= 0.6 is 0 Å². The van der Waals surface area contributed by atoms with E-state index in [9.17, 15) is 18.3 Å². The Kier molecular flexibility index (Phi) is 6.43. The van der Waals surface area contributed by atoms with Crippen molar-refractivity contribution in [3.8, 4) is 0 Å². The summed E-state index contributed by atoms with van der Waals surface area (Å²) < 4.78 is 28.7. The number of nitrogens with zero attached hydrogens (tertiary/aromatic N) is 1. The highest BCUT2D eigenvalue weighted by molar-refractivity contribution is 7.87. The SMILES string of the molecule is N[C@@H]1CNC[C@H]1NS(=O)(=O)N1C[C@H](CCCB(O)O)[C@](N)(C(=O)O)C1. The lowest BCUT2D eigenvalue weighted by Gasteiger charge is -2.25. The van der Waals surface area contributed by atoms with Crippen LogP contribution in [0.25, 0.3) is 0 Å². The van der Waals surface area contributed by atoms with Crippen LogP contribution < -0.4 is 21.5 Å². The largest absolute Gasteiger partial charge is 0.480 e. The van der Waals surface area contributed by atoms with Gasteiger partial charge in [0.2, 0.25) is 0 Å². The lowest BCUT2D eigenvalue weighted by molar-refractivity contribution is -0.144. The van der Waals surface area contributed by atoms with Crippen LogP contribution in [0.4, 0.5) is 0 Å². The summed E-state index contributed by atoms with van der Waals surface area (Å²) in [6.07, 6.45) is 0.671. The molecule has 0 unspecified atom stereocenters. The van der Waals surface area contributed by atoms with Crippen LogP contribution in [-0.2, 0) is 15.0 Å². The molecule has 0 aromatic rings. The monoisotopic (exact) mass is 379 g/mol. The van der Waals surface area contributed by atoms with Gasteiger partial charge in [-0.3, -0.25) is 4.79 Å². The molecule has 0 aliphatic carbocycles. The number of carbonyl (C=O) groups is 1. The summed E-state index contributed by atoms with van der Waals surface area (Å²) >= 11 is 0. The van der Waals surface area contributed by atoms with E-state index in [-0.39, 0.29) is 31.9 Å². The van der Waals surface area contributed by atoms with Crippen molar-refractivity contribution in [2.75, 3.05) is 26.2 Å². The number of nitrogens with one attached hydrogen (secondary N) is 2. The third kappa shape index (κ3) is 4.68. The van der Waals surface area contributed by atoms with E-state index in [0.29, 0.717) is 19.5 Å². The first-order valence-electron chi connectivity index (χ1n) is 8.18. The maximum Gasteiger partial charge on any atom is 0.451 e. The fraction of sp³-hybridized carbons (Fsp3) is 0.917. The van der Waals surface area contributed by atoms with E-state index in [1.807, 2.05) is 0 Å². The number of aliphatic carboxylic acids is 1. The molecule has 144 valence electrons. The number of carboxylic acid groups (broad SMARTS) is 1. The molecule has 0 saturated carbocycles. The molecule has 2 aliphatic heterocycles. The molecule has 2 aliphatic rings. The normalized spacial score (nSPS) is 33.7. The zero-order valence-corrected chi connectivity index (χ0v) is 14.7. The Bertz CT molecular complexity index is 593. The molecule has 25 heavy (non-hydrogen) atoms. The van der Waals surface area contributed by atoms with Gasteiger partial charge in [0.25, 0.3) is 10.2 Å². The minimum absolute atomic E-state index is 0.0466. The number of carboxylic acids is 1. The fourth-order valence-electron chi connectivity index (χ4n) is 3.31. The lowest BCUT2D eigenvalue weighted by Crippen LogP contribution is -2.56. The Hall–Kier alpha value is -0.795. The van der Waals surface area contributed by atoms with E-state index in [4.69, 9.17) is 21.5 Å². The molecule has 0 bridgehead atoms. The summed E-state index contributed by atoms with van der Waals surface area (Å²) in [4.78, 5) is 11.6. The zero-order chi connectivity index (χ0) is 18.8. The van der Waals surface area contributed by atoms with E-state index in [2.05, 4.69) is 10.0 Å². The Morgan fingerprint density at radius 1 is 1.40 bits per heavy atom. The fourth-order valence-corrected chi connectivity index (χ4v) is 4.86. The first-order chi connectivity index (χ1) is 11.6. The molecule has 0 radical (unpaired) electrons. The Labute approximate surface area is 147 Å². The van der Waals surface area contributed by atoms with Gasteiger partial charge in [-0.15, -0.1) is 0 Å². The first-order valence-corrected chi connectivity index (χ1v) is 9.62. The van der Waals surface area contributed by atoms with Gasteiger partial charge in [-0.2, -0.15) is 17.4 Å². The van der Waals surface area contributed by atoms with Gasteiger partial charge in [0, 0.05) is 38.1 Å². The molecule has 0 amide bonds.